The molecular formula is C23H22Cl2N4O3. The second-order valence-corrected chi connectivity index (χ2v) is 10.0. The molecule has 5 rings (SSSR count). The number of carbonyl (C=O) groups excluding carboxylic acids is 2. The Hall–Kier alpha value is -2.74. The van der Waals surface area contributed by atoms with Crippen molar-refractivity contribution in [1.29, 1.82) is 0 Å². The van der Waals surface area contributed by atoms with Crippen LogP contribution in [0.3, 0.4) is 0 Å². The summed E-state index contributed by atoms with van der Waals surface area (Å²) in [6, 6.07) is 9.92. The van der Waals surface area contributed by atoms with Crippen LogP contribution in [0.5, 0.6) is 5.75 Å². The number of nitrogens with one attached hydrogen (secondary N) is 3. The van der Waals surface area contributed by atoms with Gasteiger partial charge in [-0.25, -0.2) is 5.43 Å². The molecule has 0 bridgehead atoms. The molecule has 3 aliphatic heterocycles. The number of carbonyl (C=O) groups is 2. The summed E-state index contributed by atoms with van der Waals surface area (Å²) in [7, 11) is 1.52. The van der Waals surface area contributed by atoms with Gasteiger partial charge in [-0.05, 0) is 35.7 Å². The van der Waals surface area contributed by atoms with Gasteiger partial charge in [-0.1, -0.05) is 50.0 Å². The maximum absolute atomic E-state index is 13.9. The summed E-state index contributed by atoms with van der Waals surface area (Å²) in [6.45, 7) is 6.16. The number of ether oxygens (including phenoxy) is 1. The van der Waals surface area contributed by atoms with Crippen LogP contribution in [0.4, 0.5) is 11.4 Å². The summed E-state index contributed by atoms with van der Waals surface area (Å²) >= 11 is 12.5. The molecule has 7 nitrogen and oxygen atoms in total. The predicted octanol–water partition coefficient (Wildman–Crippen LogP) is 3.97. The molecule has 32 heavy (non-hydrogen) atoms. The molecule has 166 valence electrons. The molecule has 2 atom stereocenters. The van der Waals surface area contributed by atoms with Gasteiger partial charge < -0.3 is 15.5 Å². The largest absolute Gasteiger partial charge is 0.495 e. The van der Waals surface area contributed by atoms with Gasteiger partial charge in [-0.2, -0.15) is 0 Å². The van der Waals surface area contributed by atoms with Gasteiger partial charge >= 0.3 is 0 Å². The fourth-order valence-corrected chi connectivity index (χ4v) is 5.25. The lowest BCUT2D eigenvalue weighted by atomic mass is 9.73. The minimum Gasteiger partial charge on any atom is -0.495 e. The van der Waals surface area contributed by atoms with E-state index in [1.807, 2.05) is 0 Å². The maximum Gasteiger partial charge on any atom is 0.277 e. The minimum absolute atomic E-state index is 0.302. The van der Waals surface area contributed by atoms with Crippen LogP contribution in [-0.2, 0) is 15.1 Å². The molecule has 2 amide bonds. The summed E-state index contributed by atoms with van der Waals surface area (Å²) in [5.41, 5.74) is 7.17. The van der Waals surface area contributed by atoms with E-state index in [0.717, 1.165) is 0 Å². The number of rotatable bonds is 2. The van der Waals surface area contributed by atoms with Crippen molar-refractivity contribution in [2.45, 2.75) is 32.4 Å². The van der Waals surface area contributed by atoms with Crippen LogP contribution >= 0.6 is 23.2 Å². The first-order valence-corrected chi connectivity index (χ1v) is 10.9. The van der Waals surface area contributed by atoms with Gasteiger partial charge in [0.2, 0.25) is 0 Å². The highest BCUT2D eigenvalue weighted by atomic mass is 35.5. The summed E-state index contributed by atoms with van der Waals surface area (Å²) in [4.78, 5) is 29.3. The minimum atomic E-state index is -1.43. The smallest absolute Gasteiger partial charge is 0.277 e. The quantitative estimate of drug-likeness (QED) is 0.615. The Kier molecular flexibility index (Phi) is 4.54. The molecule has 2 aromatic rings. The van der Waals surface area contributed by atoms with Crippen LogP contribution in [0.25, 0.3) is 0 Å². The Labute approximate surface area is 195 Å². The van der Waals surface area contributed by atoms with Crippen molar-refractivity contribution < 1.29 is 14.3 Å². The van der Waals surface area contributed by atoms with Gasteiger partial charge in [-0.15, -0.1) is 0 Å². The van der Waals surface area contributed by atoms with Crippen molar-refractivity contribution in [2.75, 3.05) is 17.3 Å². The second-order valence-electron chi connectivity index (χ2n) is 9.17. The lowest BCUT2D eigenvalue weighted by Crippen LogP contribution is -2.57. The number of anilines is 2. The van der Waals surface area contributed by atoms with E-state index in [1.165, 1.54) is 12.0 Å². The lowest BCUT2D eigenvalue weighted by Gasteiger charge is -2.41. The van der Waals surface area contributed by atoms with Gasteiger partial charge in [-0.3, -0.25) is 14.5 Å². The SMILES string of the molecule is COc1ccc(Cl)cc1N1C(=O)C2=C(C(C(C)(C)C)NN2)C12C(=O)Nc1cc(Cl)ccc12. The summed E-state index contributed by atoms with van der Waals surface area (Å²) in [5.74, 6) is -0.258. The van der Waals surface area contributed by atoms with E-state index in [1.54, 1.807) is 36.4 Å². The number of amides is 2. The zero-order valence-electron chi connectivity index (χ0n) is 18.0. The van der Waals surface area contributed by atoms with Gasteiger partial charge in [0.1, 0.15) is 11.4 Å². The Morgan fingerprint density at radius 3 is 2.44 bits per heavy atom. The normalized spacial score (nSPS) is 24.1. The molecule has 0 radical (unpaired) electrons. The molecular weight excluding hydrogens is 451 g/mol. The van der Waals surface area contributed by atoms with Gasteiger partial charge in [0.05, 0.1) is 18.8 Å². The second kappa shape index (κ2) is 6.88. The van der Waals surface area contributed by atoms with Crippen LogP contribution in [0.1, 0.15) is 26.3 Å². The van der Waals surface area contributed by atoms with E-state index < -0.39 is 5.54 Å². The Morgan fingerprint density at radius 2 is 1.75 bits per heavy atom. The number of benzene rings is 2. The highest BCUT2D eigenvalue weighted by Gasteiger charge is 2.66. The number of fused-ring (bicyclic) bond motifs is 3. The average molecular weight is 473 g/mol. The van der Waals surface area contributed by atoms with Crippen molar-refractivity contribution in [3.63, 3.8) is 0 Å². The van der Waals surface area contributed by atoms with Crippen molar-refractivity contribution in [1.82, 2.24) is 10.9 Å². The first-order valence-electron chi connectivity index (χ1n) is 10.2. The summed E-state index contributed by atoms with van der Waals surface area (Å²) in [6.07, 6.45) is 0. The molecule has 3 N–H and O–H groups in total. The third-order valence-corrected chi connectivity index (χ3v) is 6.71. The molecule has 3 aliphatic rings. The number of hydrogen-bond donors (Lipinski definition) is 3. The molecule has 9 heteroatoms. The fraction of sp³-hybridized carbons (Fsp3) is 0.304. The Balaban J connectivity index is 1.86. The first kappa shape index (κ1) is 21.1. The fourth-order valence-electron chi connectivity index (χ4n) is 4.91. The van der Waals surface area contributed by atoms with Gasteiger partial charge in [0, 0.05) is 26.9 Å². The molecule has 2 unspecified atom stereocenters. The number of halogens is 2. The highest BCUT2D eigenvalue weighted by Crippen LogP contribution is 2.57. The van der Waals surface area contributed by atoms with E-state index in [0.29, 0.717) is 44.0 Å². The molecule has 0 saturated heterocycles. The van der Waals surface area contributed by atoms with E-state index >= 15 is 0 Å². The predicted molar refractivity (Wildman–Crippen MR) is 124 cm³/mol. The third-order valence-electron chi connectivity index (χ3n) is 6.24. The first-order chi connectivity index (χ1) is 15.1. The van der Waals surface area contributed by atoms with E-state index in [2.05, 4.69) is 36.9 Å². The van der Waals surface area contributed by atoms with E-state index in [4.69, 9.17) is 27.9 Å². The van der Waals surface area contributed by atoms with E-state index in [9.17, 15) is 9.59 Å². The molecule has 0 saturated carbocycles. The number of nitrogens with zero attached hydrogens (tertiary/aromatic N) is 1. The lowest BCUT2D eigenvalue weighted by molar-refractivity contribution is -0.123. The molecule has 0 aliphatic carbocycles. The van der Waals surface area contributed by atoms with Crippen molar-refractivity contribution in [3.05, 3.63) is 63.3 Å². The number of methoxy groups -OCH3 is 1. The standard InChI is InChI=1S/C23H22Cl2N4O3/c1-22(2,3)19-17-18(27-28-19)20(30)29(15-10-12(25)6-8-16(15)32-4)23(17)13-7-5-11(24)9-14(13)26-21(23)31/h5-10,19,27-28H,1-4H3,(H,26,31). The van der Waals surface area contributed by atoms with Crippen molar-refractivity contribution >= 4 is 46.4 Å². The number of hydrazine groups is 1. The van der Waals surface area contributed by atoms with Crippen LogP contribution in [0.15, 0.2) is 47.7 Å². The topological polar surface area (TPSA) is 82.7 Å². The third kappa shape index (κ3) is 2.65. The van der Waals surface area contributed by atoms with Gasteiger partial charge in [0.15, 0.2) is 5.54 Å². The molecule has 1 spiro atoms. The van der Waals surface area contributed by atoms with E-state index in [-0.39, 0.29) is 23.3 Å². The maximum atomic E-state index is 13.9. The Bertz CT molecular complexity index is 1220. The van der Waals surface area contributed by atoms with Crippen LogP contribution < -0.4 is 25.8 Å². The van der Waals surface area contributed by atoms with Crippen molar-refractivity contribution in [3.8, 4) is 5.75 Å². The average Bonchev–Trinajstić information content (AvgIpc) is 3.34. The highest BCUT2D eigenvalue weighted by molar-refractivity contribution is 6.32. The summed E-state index contributed by atoms with van der Waals surface area (Å²) in [5, 5.41) is 3.86. The van der Waals surface area contributed by atoms with Crippen LogP contribution in [0, 0.1) is 5.41 Å². The monoisotopic (exact) mass is 472 g/mol. The van der Waals surface area contributed by atoms with Crippen LogP contribution in [0.2, 0.25) is 10.0 Å². The zero-order chi connectivity index (χ0) is 23.0. The Morgan fingerprint density at radius 1 is 1.06 bits per heavy atom. The molecule has 2 aromatic carbocycles. The van der Waals surface area contributed by atoms with Gasteiger partial charge in [0.25, 0.3) is 11.8 Å². The zero-order valence-corrected chi connectivity index (χ0v) is 19.5. The number of hydrogen-bond acceptors (Lipinski definition) is 5. The molecule has 3 heterocycles. The van der Waals surface area contributed by atoms with Crippen LogP contribution in [-0.4, -0.2) is 25.0 Å². The molecule has 0 aromatic heterocycles. The molecule has 0 fully saturated rings. The summed E-state index contributed by atoms with van der Waals surface area (Å²) < 4.78 is 5.56. The van der Waals surface area contributed by atoms with Crippen molar-refractivity contribution in [2.24, 2.45) is 5.41 Å².